The van der Waals surface area contributed by atoms with Crippen LogP contribution in [0, 0.1) is 0 Å². The average Bonchev–Trinajstić information content (AvgIpc) is 2.83. The summed E-state index contributed by atoms with van der Waals surface area (Å²) < 4.78 is 0. The Hall–Kier alpha value is -0.470. The van der Waals surface area contributed by atoms with E-state index in [-0.39, 0.29) is 0 Å². The molecule has 0 aliphatic heterocycles. The van der Waals surface area contributed by atoms with Gasteiger partial charge in [0.1, 0.15) is 0 Å². The first kappa shape index (κ1) is 14.0. The molecule has 0 heterocycles. The summed E-state index contributed by atoms with van der Waals surface area (Å²) in [5, 5.41) is 0.560. The van der Waals surface area contributed by atoms with E-state index < -0.39 is 0 Å². The lowest BCUT2D eigenvalue weighted by Crippen LogP contribution is -2.31. The second-order valence-corrected chi connectivity index (χ2v) is 6.61. The van der Waals surface area contributed by atoms with E-state index in [1.807, 2.05) is 11.8 Å². The summed E-state index contributed by atoms with van der Waals surface area (Å²) in [6.07, 6.45) is 7.34. The molecule has 2 N–H and O–H groups in total. The van der Waals surface area contributed by atoms with E-state index in [1.54, 1.807) is 11.1 Å². The summed E-state index contributed by atoms with van der Waals surface area (Å²) >= 11 is 1.98. The fourth-order valence-electron chi connectivity index (χ4n) is 2.79. The van der Waals surface area contributed by atoms with Gasteiger partial charge in [0.05, 0.1) is 0 Å². The van der Waals surface area contributed by atoms with Crippen molar-refractivity contribution in [3.05, 3.63) is 29.3 Å². The lowest BCUT2D eigenvalue weighted by molar-refractivity contribution is 0.567. The number of nitrogens with two attached hydrogens (primary N) is 1. The average molecular weight is 263 g/mol. The SMILES string of the molecule is CCCC(N)C(CC)Sc1ccc2c(c1)CCC2. The second-order valence-electron chi connectivity index (χ2n) is 5.30. The van der Waals surface area contributed by atoms with Gasteiger partial charge in [-0.3, -0.25) is 0 Å². The molecule has 0 radical (unpaired) electrons. The van der Waals surface area contributed by atoms with Crippen LogP contribution in [0.15, 0.2) is 23.1 Å². The number of thioether (sulfide) groups is 1. The molecule has 0 spiro atoms. The number of benzene rings is 1. The van der Waals surface area contributed by atoms with Crippen LogP contribution in [0.1, 0.15) is 50.7 Å². The van der Waals surface area contributed by atoms with Crippen LogP contribution in [-0.2, 0) is 12.8 Å². The highest BCUT2D eigenvalue weighted by molar-refractivity contribution is 8.00. The highest BCUT2D eigenvalue weighted by Gasteiger charge is 2.18. The third-order valence-corrected chi connectivity index (χ3v) is 5.37. The van der Waals surface area contributed by atoms with Gasteiger partial charge in [-0.25, -0.2) is 0 Å². The zero-order chi connectivity index (χ0) is 13.0. The smallest absolute Gasteiger partial charge is 0.0243 e. The molecule has 2 atom stereocenters. The van der Waals surface area contributed by atoms with E-state index in [0.29, 0.717) is 11.3 Å². The molecule has 1 aromatic rings. The number of aryl methyl sites for hydroxylation is 2. The van der Waals surface area contributed by atoms with Crippen molar-refractivity contribution in [3.8, 4) is 0 Å². The molecule has 0 fully saturated rings. The van der Waals surface area contributed by atoms with Gasteiger partial charge in [-0.1, -0.05) is 26.3 Å². The third-order valence-electron chi connectivity index (χ3n) is 3.86. The maximum atomic E-state index is 6.28. The lowest BCUT2D eigenvalue weighted by atomic mass is 10.1. The van der Waals surface area contributed by atoms with Crippen LogP contribution in [-0.4, -0.2) is 11.3 Å². The van der Waals surface area contributed by atoms with Gasteiger partial charge in [-0.2, -0.15) is 0 Å². The van der Waals surface area contributed by atoms with Gasteiger partial charge in [0.25, 0.3) is 0 Å². The summed E-state index contributed by atoms with van der Waals surface area (Å²) in [6, 6.07) is 7.34. The first-order valence-corrected chi connectivity index (χ1v) is 8.16. The minimum atomic E-state index is 0.332. The Balaban J connectivity index is 2.03. The van der Waals surface area contributed by atoms with Crippen LogP contribution in [0.4, 0.5) is 0 Å². The van der Waals surface area contributed by atoms with Gasteiger partial charge in [-0.15, -0.1) is 11.8 Å². The van der Waals surface area contributed by atoms with E-state index >= 15 is 0 Å². The third kappa shape index (κ3) is 3.30. The van der Waals surface area contributed by atoms with E-state index in [0.717, 1.165) is 12.8 Å². The number of hydrogen-bond donors (Lipinski definition) is 1. The van der Waals surface area contributed by atoms with Gasteiger partial charge in [0.15, 0.2) is 0 Å². The second kappa shape index (κ2) is 6.63. The van der Waals surface area contributed by atoms with Crippen molar-refractivity contribution in [2.24, 2.45) is 5.73 Å². The van der Waals surface area contributed by atoms with E-state index in [9.17, 15) is 0 Å². The molecule has 0 saturated heterocycles. The van der Waals surface area contributed by atoms with Crippen molar-refractivity contribution in [1.29, 1.82) is 0 Å². The highest BCUT2D eigenvalue weighted by Crippen LogP contribution is 2.32. The van der Waals surface area contributed by atoms with Crippen molar-refractivity contribution in [2.75, 3.05) is 0 Å². The van der Waals surface area contributed by atoms with E-state index in [4.69, 9.17) is 5.73 Å². The molecule has 1 aliphatic rings. The Labute approximate surface area is 116 Å². The molecule has 1 nitrogen and oxygen atoms in total. The largest absolute Gasteiger partial charge is 0.327 e. The number of rotatable bonds is 6. The van der Waals surface area contributed by atoms with Crippen LogP contribution in [0.5, 0.6) is 0 Å². The van der Waals surface area contributed by atoms with Crippen LogP contribution in [0.3, 0.4) is 0 Å². The van der Waals surface area contributed by atoms with Crippen molar-refractivity contribution in [3.63, 3.8) is 0 Å². The summed E-state index contributed by atoms with van der Waals surface area (Å²) in [6.45, 7) is 4.47. The van der Waals surface area contributed by atoms with E-state index in [1.165, 1.54) is 30.6 Å². The predicted octanol–water partition coefficient (Wildman–Crippen LogP) is 4.17. The summed E-state index contributed by atoms with van der Waals surface area (Å²) in [4.78, 5) is 1.41. The zero-order valence-corrected chi connectivity index (χ0v) is 12.4. The molecule has 2 rings (SSSR count). The Morgan fingerprint density at radius 2 is 2.00 bits per heavy atom. The molecular formula is C16H25NS. The van der Waals surface area contributed by atoms with Gasteiger partial charge < -0.3 is 5.73 Å². The van der Waals surface area contributed by atoms with Crippen LogP contribution in [0.25, 0.3) is 0 Å². The van der Waals surface area contributed by atoms with E-state index in [2.05, 4.69) is 32.0 Å². The van der Waals surface area contributed by atoms with Crippen molar-refractivity contribution in [2.45, 2.75) is 68.6 Å². The van der Waals surface area contributed by atoms with Gasteiger partial charge >= 0.3 is 0 Å². The summed E-state index contributed by atoms with van der Waals surface area (Å²) in [7, 11) is 0. The Morgan fingerprint density at radius 1 is 1.22 bits per heavy atom. The molecule has 18 heavy (non-hydrogen) atoms. The fraction of sp³-hybridized carbons (Fsp3) is 0.625. The molecule has 0 amide bonds. The molecule has 2 heteroatoms. The standard InChI is InChI=1S/C16H25NS/c1-3-6-15(17)16(4-2)18-14-10-9-12-7-5-8-13(12)11-14/h9-11,15-16H,3-8,17H2,1-2H3. The van der Waals surface area contributed by atoms with Gasteiger partial charge in [0.2, 0.25) is 0 Å². The molecule has 0 saturated carbocycles. The topological polar surface area (TPSA) is 26.0 Å². The maximum absolute atomic E-state index is 6.28. The van der Waals surface area contributed by atoms with Crippen LogP contribution in [0.2, 0.25) is 0 Å². The molecule has 1 aliphatic carbocycles. The molecule has 0 aromatic heterocycles. The number of fused-ring (bicyclic) bond motifs is 1. The maximum Gasteiger partial charge on any atom is 0.0243 e. The predicted molar refractivity (Wildman–Crippen MR) is 81.3 cm³/mol. The first-order valence-electron chi connectivity index (χ1n) is 7.28. The molecular weight excluding hydrogens is 238 g/mol. The zero-order valence-electron chi connectivity index (χ0n) is 11.6. The Morgan fingerprint density at radius 3 is 2.72 bits per heavy atom. The monoisotopic (exact) mass is 263 g/mol. The van der Waals surface area contributed by atoms with Gasteiger partial charge in [-0.05, 0) is 55.4 Å². The molecule has 100 valence electrons. The number of hydrogen-bond acceptors (Lipinski definition) is 2. The normalized spacial score (nSPS) is 17.5. The molecule has 1 aromatic carbocycles. The first-order chi connectivity index (χ1) is 8.74. The van der Waals surface area contributed by atoms with Crippen molar-refractivity contribution < 1.29 is 0 Å². The van der Waals surface area contributed by atoms with Crippen LogP contribution < -0.4 is 5.73 Å². The van der Waals surface area contributed by atoms with Crippen molar-refractivity contribution >= 4 is 11.8 Å². The molecule has 0 bridgehead atoms. The quantitative estimate of drug-likeness (QED) is 0.779. The minimum absolute atomic E-state index is 0.332. The summed E-state index contributed by atoms with van der Waals surface area (Å²) in [5.74, 6) is 0. The fourth-order valence-corrected chi connectivity index (χ4v) is 3.97. The Bertz CT molecular complexity index is 389. The molecule has 2 unspecified atom stereocenters. The summed E-state index contributed by atoms with van der Waals surface area (Å²) in [5.41, 5.74) is 9.41. The minimum Gasteiger partial charge on any atom is -0.327 e. The van der Waals surface area contributed by atoms with Crippen molar-refractivity contribution in [1.82, 2.24) is 0 Å². The van der Waals surface area contributed by atoms with Gasteiger partial charge in [0, 0.05) is 16.2 Å². The van der Waals surface area contributed by atoms with Crippen LogP contribution >= 0.6 is 11.8 Å². The lowest BCUT2D eigenvalue weighted by Gasteiger charge is -2.22. The highest BCUT2D eigenvalue weighted by atomic mass is 32.2. The Kier molecular flexibility index (Phi) is 5.13.